The van der Waals surface area contributed by atoms with Crippen LogP contribution in [-0.2, 0) is 35.1 Å². The smallest absolute Gasteiger partial charge is 0.341 e. The van der Waals surface area contributed by atoms with Gasteiger partial charge in [-0.1, -0.05) is 42.5 Å². The van der Waals surface area contributed by atoms with Gasteiger partial charge in [0.15, 0.2) is 0 Å². The van der Waals surface area contributed by atoms with E-state index < -0.39 is 22.8 Å². The van der Waals surface area contributed by atoms with Crippen molar-refractivity contribution in [2.45, 2.75) is 49.9 Å². The van der Waals surface area contributed by atoms with Crippen molar-refractivity contribution < 1.29 is 26.7 Å². The number of fused-ring (bicyclic) bond motifs is 4. The molecule has 3 nitrogen and oxygen atoms in total. The number of pyridine rings is 1. The molecule has 1 amide bonds. The van der Waals surface area contributed by atoms with Gasteiger partial charge >= 0.3 is 6.18 Å². The van der Waals surface area contributed by atoms with Crippen LogP contribution in [0.15, 0.2) is 79.0 Å². The molecule has 41 heavy (non-hydrogen) atoms. The predicted octanol–water partition coefficient (Wildman–Crippen LogP) is 7.25. The van der Waals surface area contributed by atoms with Crippen LogP contribution >= 0.6 is 0 Å². The average molecular weight is 565 g/mol. The second-order valence-corrected chi connectivity index (χ2v) is 11.5. The highest BCUT2D eigenvalue weighted by Gasteiger charge is 2.55. The molecule has 3 aromatic carbocycles. The van der Waals surface area contributed by atoms with Crippen molar-refractivity contribution in [1.29, 1.82) is 0 Å². The van der Waals surface area contributed by atoms with Gasteiger partial charge in [0.25, 0.3) is 0 Å². The van der Waals surface area contributed by atoms with Crippen molar-refractivity contribution >= 4 is 16.8 Å². The molecule has 0 radical (unpaired) electrons. The van der Waals surface area contributed by atoms with Crippen molar-refractivity contribution in [3.05, 3.63) is 113 Å². The van der Waals surface area contributed by atoms with Gasteiger partial charge in [0.05, 0.1) is 11.9 Å². The lowest BCUT2D eigenvalue weighted by atomic mass is 9.62. The van der Waals surface area contributed by atoms with Crippen LogP contribution < -0.4 is 0 Å². The van der Waals surface area contributed by atoms with Gasteiger partial charge in [-0.25, -0.2) is 8.78 Å². The molecule has 212 valence electrons. The Labute approximate surface area is 235 Å². The molecule has 3 unspecified atom stereocenters. The average Bonchev–Trinajstić information content (AvgIpc) is 3.33. The van der Waals surface area contributed by atoms with E-state index in [1.807, 2.05) is 35.2 Å². The van der Waals surface area contributed by atoms with Crippen molar-refractivity contribution in [2.75, 3.05) is 13.1 Å². The molecule has 1 aliphatic heterocycles. The second-order valence-electron chi connectivity index (χ2n) is 11.5. The summed E-state index contributed by atoms with van der Waals surface area (Å²) in [6.07, 6.45) is -1.48. The molecule has 0 N–H and O–H groups in total. The zero-order valence-corrected chi connectivity index (χ0v) is 22.5. The summed E-state index contributed by atoms with van der Waals surface area (Å²) in [5, 5.41) is 0.948. The minimum absolute atomic E-state index is 0.0345. The Balaban J connectivity index is 1.35. The number of likely N-dealkylation sites (tertiary alicyclic amines) is 1. The maximum atomic E-state index is 14.9. The number of halogens is 5. The summed E-state index contributed by atoms with van der Waals surface area (Å²) in [7, 11) is 0. The fraction of sp³-hybridized carbons (Fsp3) is 0.333. The van der Waals surface area contributed by atoms with Crippen LogP contribution in [0.2, 0.25) is 0 Å². The fourth-order valence-corrected chi connectivity index (χ4v) is 6.69. The third-order valence-corrected chi connectivity index (χ3v) is 8.98. The van der Waals surface area contributed by atoms with E-state index >= 15 is 0 Å². The van der Waals surface area contributed by atoms with Crippen molar-refractivity contribution in [1.82, 2.24) is 9.88 Å². The first kappa shape index (κ1) is 27.4. The molecule has 4 aromatic rings. The zero-order chi connectivity index (χ0) is 29.0. The summed E-state index contributed by atoms with van der Waals surface area (Å²) in [4.78, 5) is 19.8. The summed E-state index contributed by atoms with van der Waals surface area (Å²) in [6.45, 7) is 1.44. The minimum atomic E-state index is -5.04. The van der Waals surface area contributed by atoms with Crippen molar-refractivity contribution in [3.63, 3.8) is 0 Å². The molecule has 2 aliphatic rings. The molecule has 3 atom stereocenters. The van der Waals surface area contributed by atoms with E-state index in [1.54, 1.807) is 24.4 Å². The number of hydrogen-bond acceptors (Lipinski definition) is 2. The van der Waals surface area contributed by atoms with Crippen LogP contribution in [0.1, 0.15) is 41.2 Å². The SMILES string of the molecule is CC(F)(c1ccc2c(c1)CCC1CN(C(=O)Cc3ccc4ncccc4c3)CC21Cc1ccc(F)cc1)C(F)(F)F. The van der Waals surface area contributed by atoms with E-state index in [4.69, 9.17) is 0 Å². The molecule has 0 bridgehead atoms. The molecule has 0 saturated carbocycles. The van der Waals surface area contributed by atoms with Gasteiger partial charge in [-0.2, -0.15) is 13.2 Å². The van der Waals surface area contributed by atoms with Gasteiger partial charge in [0, 0.05) is 30.1 Å². The van der Waals surface area contributed by atoms with E-state index in [1.165, 1.54) is 24.3 Å². The van der Waals surface area contributed by atoms with Gasteiger partial charge in [0.2, 0.25) is 11.6 Å². The van der Waals surface area contributed by atoms with E-state index in [0.29, 0.717) is 44.8 Å². The predicted molar refractivity (Wildman–Crippen MR) is 147 cm³/mol. The Hall–Kier alpha value is -3.81. The quantitative estimate of drug-likeness (QED) is 0.239. The fourth-order valence-electron chi connectivity index (χ4n) is 6.69. The Morgan fingerprint density at radius 2 is 1.76 bits per heavy atom. The molecule has 8 heteroatoms. The first-order valence-corrected chi connectivity index (χ1v) is 13.7. The van der Waals surface area contributed by atoms with E-state index in [0.717, 1.165) is 27.6 Å². The van der Waals surface area contributed by atoms with E-state index in [-0.39, 0.29) is 24.1 Å². The Bertz CT molecular complexity index is 1610. The molecule has 1 saturated heterocycles. The highest BCUT2D eigenvalue weighted by molar-refractivity contribution is 5.83. The topological polar surface area (TPSA) is 33.2 Å². The van der Waals surface area contributed by atoms with Crippen LogP contribution in [0.3, 0.4) is 0 Å². The summed E-state index contributed by atoms with van der Waals surface area (Å²) in [5.41, 5.74) is -0.380. The number of hydrogen-bond donors (Lipinski definition) is 0. The van der Waals surface area contributed by atoms with Crippen LogP contribution in [0, 0.1) is 11.7 Å². The number of aromatic nitrogens is 1. The third-order valence-electron chi connectivity index (χ3n) is 8.98. The number of alkyl halides is 4. The second kappa shape index (κ2) is 9.93. The number of carbonyl (C=O) groups is 1. The molecule has 1 aromatic heterocycles. The lowest BCUT2D eigenvalue weighted by Gasteiger charge is -2.41. The largest absolute Gasteiger partial charge is 0.426 e. The van der Waals surface area contributed by atoms with Gasteiger partial charge in [-0.05, 0) is 90.3 Å². The van der Waals surface area contributed by atoms with Crippen LogP contribution in [0.4, 0.5) is 22.0 Å². The molecular weight excluding hydrogens is 535 g/mol. The van der Waals surface area contributed by atoms with Gasteiger partial charge in [0.1, 0.15) is 5.82 Å². The Kier molecular flexibility index (Phi) is 6.63. The third kappa shape index (κ3) is 4.87. The number of nitrogens with zero attached hydrogens (tertiary/aromatic N) is 2. The summed E-state index contributed by atoms with van der Waals surface area (Å²) >= 11 is 0. The lowest BCUT2D eigenvalue weighted by molar-refractivity contribution is -0.228. The maximum absolute atomic E-state index is 14.9. The minimum Gasteiger partial charge on any atom is -0.341 e. The molecule has 0 spiro atoms. The summed E-state index contributed by atoms with van der Waals surface area (Å²) in [5.74, 6) is -0.345. The van der Waals surface area contributed by atoms with Gasteiger partial charge in [-0.15, -0.1) is 0 Å². The van der Waals surface area contributed by atoms with Gasteiger partial charge in [-0.3, -0.25) is 9.78 Å². The van der Waals surface area contributed by atoms with Crippen LogP contribution in [0.25, 0.3) is 10.9 Å². The number of carbonyl (C=O) groups excluding carboxylic acids is 1. The monoisotopic (exact) mass is 564 g/mol. The van der Waals surface area contributed by atoms with E-state index in [9.17, 15) is 26.7 Å². The number of benzene rings is 3. The molecule has 1 fully saturated rings. The standard InChI is InChI=1S/C33H29F5N2O/c1-31(35,33(36,37)38)25-9-12-28-23(17-25)7-8-26-19-40(20-32(26,28)18-21-4-10-27(34)11-5-21)30(41)16-22-6-13-29-24(15-22)3-2-14-39-29/h2-6,9-15,17,26H,7-8,16,18-20H2,1H3. The zero-order valence-electron chi connectivity index (χ0n) is 22.5. The summed E-state index contributed by atoms with van der Waals surface area (Å²) < 4.78 is 69.2. The normalized spacial score (nSPS) is 21.8. The summed E-state index contributed by atoms with van der Waals surface area (Å²) in [6, 6.07) is 19.9. The Morgan fingerprint density at radius 3 is 2.51 bits per heavy atom. The molecule has 2 heterocycles. The Morgan fingerprint density at radius 1 is 1.00 bits per heavy atom. The first-order valence-electron chi connectivity index (χ1n) is 13.7. The van der Waals surface area contributed by atoms with Crippen LogP contribution in [0.5, 0.6) is 0 Å². The highest BCUT2D eigenvalue weighted by atomic mass is 19.4. The lowest BCUT2D eigenvalue weighted by Crippen LogP contribution is -2.42. The maximum Gasteiger partial charge on any atom is 0.426 e. The molecule has 6 rings (SSSR count). The molecule has 1 aliphatic carbocycles. The first-order chi connectivity index (χ1) is 19.5. The molecular formula is C33H29F5N2O. The van der Waals surface area contributed by atoms with Crippen molar-refractivity contribution in [2.24, 2.45) is 5.92 Å². The number of rotatable bonds is 5. The number of amides is 1. The highest BCUT2D eigenvalue weighted by Crippen LogP contribution is 2.51. The van der Waals surface area contributed by atoms with Gasteiger partial charge < -0.3 is 4.90 Å². The van der Waals surface area contributed by atoms with E-state index in [2.05, 4.69) is 4.98 Å². The number of aryl methyl sites for hydroxylation is 1. The van der Waals surface area contributed by atoms with Crippen molar-refractivity contribution in [3.8, 4) is 0 Å². The van der Waals surface area contributed by atoms with Crippen LogP contribution in [-0.4, -0.2) is 35.1 Å².